The predicted molar refractivity (Wildman–Crippen MR) is 119 cm³/mol. The third kappa shape index (κ3) is 4.05. The van der Waals surface area contributed by atoms with E-state index < -0.39 is 6.23 Å². The summed E-state index contributed by atoms with van der Waals surface area (Å²) in [6.45, 7) is 2.00. The molecule has 0 saturated heterocycles. The maximum atomic E-state index is 13.1. The minimum atomic E-state index is -0.733. The second-order valence-corrected chi connectivity index (χ2v) is 7.39. The Balaban J connectivity index is 1.86. The van der Waals surface area contributed by atoms with Crippen LogP contribution in [0.5, 0.6) is 11.6 Å². The van der Waals surface area contributed by atoms with Crippen LogP contribution in [0.15, 0.2) is 53.7 Å². The Labute approximate surface area is 184 Å². The van der Waals surface area contributed by atoms with Gasteiger partial charge in [-0.05, 0) is 36.6 Å². The highest BCUT2D eigenvalue weighted by molar-refractivity contribution is 7.98. The summed E-state index contributed by atoms with van der Waals surface area (Å²) in [5.74, 6) is 3.32. The second-order valence-electron chi connectivity index (χ2n) is 6.62. The number of amides is 1. The van der Waals surface area contributed by atoms with Crippen molar-refractivity contribution < 1.29 is 14.3 Å². The molecule has 1 aromatic heterocycles. The summed E-state index contributed by atoms with van der Waals surface area (Å²) in [6.07, 6.45) is 6.71. The van der Waals surface area contributed by atoms with Crippen molar-refractivity contribution in [2.45, 2.75) is 24.7 Å². The molecule has 1 aliphatic rings. The molecule has 1 amide bonds. The van der Waals surface area contributed by atoms with Crippen molar-refractivity contribution in [1.82, 2.24) is 15.2 Å². The molecule has 0 bridgehead atoms. The van der Waals surface area contributed by atoms with Gasteiger partial charge in [-0.2, -0.15) is 4.98 Å². The van der Waals surface area contributed by atoms with Gasteiger partial charge in [-0.25, -0.2) is 0 Å². The van der Waals surface area contributed by atoms with Crippen LogP contribution in [0, 0.1) is 12.3 Å². The molecule has 0 fully saturated rings. The van der Waals surface area contributed by atoms with E-state index in [1.807, 2.05) is 49.6 Å². The Morgan fingerprint density at radius 3 is 2.71 bits per heavy atom. The Hall–Kier alpha value is -3.57. The highest BCUT2D eigenvalue weighted by atomic mass is 32.2. The summed E-state index contributed by atoms with van der Waals surface area (Å²) in [7, 11) is 0. The number of hydrogen-bond acceptors (Lipinski definition) is 7. The Morgan fingerprint density at radius 2 is 2.00 bits per heavy atom. The van der Waals surface area contributed by atoms with Crippen molar-refractivity contribution in [3.63, 3.8) is 0 Å². The topological polar surface area (TPSA) is 77.4 Å². The molecule has 3 aromatic rings. The van der Waals surface area contributed by atoms with Crippen LogP contribution >= 0.6 is 11.8 Å². The number of rotatable bonds is 5. The summed E-state index contributed by atoms with van der Waals surface area (Å²) >= 11 is 1.37. The molecule has 0 unspecified atom stereocenters. The molecule has 0 N–H and O–H groups in total. The summed E-state index contributed by atoms with van der Waals surface area (Å²) in [5, 5.41) is 9.01. The summed E-state index contributed by atoms with van der Waals surface area (Å²) < 4.78 is 11.8. The fraction of sp³-hybridized carbons (Fsp3) is 0.217. The number of para-hydroxylation sites is 1. The van der Waals surface area contributed by atoms with Gasteiger partial charge in [-0.15, -0.1) is 16.6 Å². The van der Waals surface area contributed by atoms with Crippen LogP contribution in [0.2, 0.25) is 0 Å². The van der Waals surface area contributed by atoms with Crippen LogP contribution in [0.3, 0.4) is 0 Å². The van der Waals surface area contributed by atoms with Crippen LogP contribution in [-0.4, -0.2) is 34.0 Å². The largest absolute Gasteiger partial charge is 0.481 e. The molecule has 0 saturated carbocycles. The quantitative estimate of drug-likeness (QED) is 0.444. The molecule has 4 rings (SSSR count). The molecule has 8 heteroatoms. The summed E-state index contributed by atoms with van der Waals surface area (Å²) in [5.41, 5.74) is 2.70. The monoisotopic (exact) mass is 432 g/mol. The Bertz CT molecular complexity index is 1140. The maximum absolute atomic E-state index is 13.1. The van der Waals surface area contributed by atoms with E-state index in [1.54, 1.807) is 17.0 Å². The molecular formula is C23H20N4O3S. The van der Waals surface area contributed by atoms with Gasteiger partial charge in [-0.1, -0.05) is 42.8 Å². The number of anilines is 1. The molecule has 0 spiro atoms. The van der Waals surface area contributed by atoms with Crippen molar-refractivity contribution in [3.05, 3.63) is 54.1 Å². The summed E-state index contributed by atoms with van der Waals surface area (Å²) in [6, 6.07) is 14.8. The second kappa shape index (κ2) is 9.06. The fourth-order valence-corrected chi connectivity index (χ4v) is 3.61. The van der Waals surface area contributed by atoms with E-state index in [1.165, 1.54) is 11.8 Å². The first kappa shape index (κ1) is 20.7. The van der Waals surface area contributed by atoms with Crippen LogP contribution in [-0.2, 0) is 4.79 Å². The van der Waals surface area contributed by atoms with Gasteiger partial charge in [0.25, 0.3) is 0 Å². The predicted octanol–water partition coefficient (Wildman–Crippen LogP) is 4.11. The minimum absolute atomic E-state index is 0.0871. The smallest absolute Gasteiger partial charge is 0.247 e. The van der Waals surface area contributed by atoms with Crippen molar-refractivity contribution in [3.8, 4) is 35.2 Å². The number of terminal acetylenes is 1. The van der Waals surface area contributed by atoms with Crippen LogP contribution in [0.4, 0.5) is 5.69 Å². The first-order valence-corrected chi connectivity index (χ1v) is 10.9. The lowest BCUT2D eigenvalue weighted by atomic mass is 10.1. The lowest BCUT2D eigenvalue weighted by Crippen LogP contribution is -2.37. The first-order chi connectivity index (χ1) is 15.2. The number of fused-ring (bicyclic) bond motifs is 3. The third-order valence-electron chi connectivity index (χ3n) is 4.75. The van der Waals surface area contributed by atoms with Gasteiger partial charge in [0, 0.05) is 17.5 Å². The number of benzene rings is 2. The van der Waals surface area contributed by atoms with Gasteiger partial charge in [0.15, 0.2) is 5.69 Å². The number of carbonyl (C=O) groups excluding carboxylic acids is 1. The van der Waals surface area contributed by atoms with Gasteiger partial charge < -0.3 is 9.47 Å². The lowest BCUT2D eigenvalue weighted by molar-refractivity contribution is -0.120. The van der Waals surface area contributed by atoms with E-state index in [0.717, 1.165) is 11.1 Å². The zero-order chi connectivity index (χ0) is 21.8. The van der Waals surface area contributed by atoms with Gasteiger partial charge in [-0.3, -0.25) is 9.69 Å². The van der Waals surface area contributed by atoms with Crippen molar-refractivity contribution in [1.29, 1.82) is 0 Å². The zero-order valence-electron chi connectivity index (χ0n) is 17.1. The molecule has 156 valence electrons. The average Bonchev–Trinajstić information content (AvgIpc) is 2.96. The lowest BCUT2D eigenvalue weighted by Gasteiger charge is -2.30. The van der Waals surface area contributed by atoms with Crippen molar-refractivity contribution >= 4 is 23.4 Å². The highest BCUT2D eigenvalue weighted by Crippen LogP contribution is 2.43. The van der Waals surface area contributed by atoms with Gasteiger partial charge >= 0.3 is 0 Å². The number of nitrogens with zero attached hydrogens (tertiary/aromatic N) is 4. The first-order valence-electron chi connectivity index (χ1n) is 9.69. The molecule has 1 aliphatic heterocycles. The number of hydrogen-bond donors (Lipinski definition) is 0. The molecule has 1 atom stereocenters. The molecule has 7 nitrogen and oxygen atoms in total. The van der Waals surface area contributed by atoms with Crippen LogP contribution in [0.1, 0.15) is 25.1 Å². The molecule has 0 aliphatic carbocycles. The van der Waals surface area contributed by atoms with Crippen molar-refractivity contribution in [2.24, 2.45) is 0 Å². The van der Waals surface area contributed by atoms with E-state index >= 15 is 0 Å². The fourth-order valence-electron chi connectivity index (χ4n) is 3.31. The number of thioether (sulfide) groups is 1. The Kier molecular flexibility index (Phi) is 6.05. The van der Waals surface area contributed by atoms with E-state index in [4.69, 9.17) is 15.9 Å². The van der Waals surface area contributed by atoms with Crippen molar-refractivity contribution in [2.75, 3.05) is 17.8 Å². The maximum Gasteiger partial charge on any atom is 0.247 e. The molecule has 0 radical (unpaired) electrons. The summed E-state index contributed by atoms with van der Waals surface area (Å²) in [4.78, 5) is 19.3. The molecule has 2 aromatic carbocycles. The van der Waals surface area contributed by atoms with Crippen LogP contribution < -0.4 is 14.4 Å². The number of carbonyl (C=O) groups is 1. The van der Waals surface area contributed by atoms with Gasteiger partial charge in [0.2, 0.25) is 23.2 Å². The Morgan fingerprint density at radius 1 is 1.23 bits per heavy atom. The van der Waals surface area contributed by atoms with E-state index in [0.29, 0.717) is 34.6 Å². The third-order valence-corrected chi connectivity index (χ3v) is 5.29. The van der Waals surface area contributed by atoms with E-state index in [2.05, 4.69) is 21.1 Å². The van der Waals surface area contributed by atoms with E-state index in [9.17, 15) is 4.79 Å². The molecule has 2 heterocycles. The zero-order valence-corrected chi connectivity index (χ0v) is 17.9. The minimum Gasteiger partial charge on any atom is -0.481 e. The number of aromatic nitrogens is 3. The van der Waals surface area contributed by atoms with Gasteiger partial charge in [0.05, 0.1) is 5.69 Å². The standard InChI is InChI=1S/C23H20N4O3S/c1-4-14-29-16-12-10-15(11-13-16)22-27(19(28)5-2)18-9-7-6-8-17(18)20-21(30-22)24-23(31-3)26-25-20/h1,6-13,22H,5,14H2,2-3H3/t22-/m0/s1. The molecular weight excluding hydrogens is 412 g/mol. The van der Waals surface area contributed by atoms with E-state index in [-0.39, 0.29) is 12.5 Å². The van der Waals surface area contributed by atoms with Crippen LogP contribution in [0.25, 0.3) is 11.3 Å². The average molecular weight is 433 g/mol. The SMILES string of the molecule is C#CCOc1ccc([C@@H]2Oc3nc(SC)nnc3-c3ccccc3N2C(=O)CC)cc1. The normalized spacial score (nSPS) is 14.5. The highest BCUT2D eigenvalue weighted by Gasteiger charge is 2.35. The number of ether oxygens (including phenoxy) is 2. The molecule has 31 heavy (non-hydrogen) atoms. The van der Waals surface area contributed by atoms with Gasteiger partial charge in [0.1, 0.15) is 12.4 Å².